The third-order valence-electron chi connectivity index (χ3n) is 3.15. The van der Waals surface area contributed by atoms with Gasteiger partial charge in [-0.25, -0.2) is 9.59 Å². The topological polar surface area (TPSA) is 123 Å². The van der Waals surface area contributed by atoms with E-state index in [1.165, 1.54) is 0 Å². The molecular formula is C12H15F2N3O6. The monoisotopic (exact) mass is 335 g/mol. The molecule has 2 heterocycles. The van der Waals surface area contributed by atoms with Gasteiger partial charge in [-0.2, -0.15) is 13.8 Å². The van der Waals surface area contributed by atoms with Gasteiger partial charge in [0.25, 0.3) is 0 Å². The number of hydrogen-bond donors (Lipinski definition) is 3. The molecule has 0 bridgehead atoms. The van der Waals surface area contributed by atoms with E-state index in [9.17, 15) is 23.5 Å². The predicted octanol–water partition coefficient (Wildman–Crippen LogP) is -0.302. The fourth-order valence-electron chi connectivity index (χ4n) is 2.05. The highest BCUT2D eigenvalue weighted by Gasteiger charge is 2.59. The average molecular weight is 335 g/mol. The second kappa shape index (κ2) is 6.56. The summed E-state index contributed by atoms with van der Waals surface area (Å²) < 4.78 is 37.8. The lowest BCUT2D eigenvalue weighted by Gasteiger charge is -2.21. The second-order valence-electron chi connectivity index (χ2n) is 4.68. The van der Waals surface area contributed by atoms with E-state index >= 15 is 0 Å². The normalized spacial score (nSPS) is 26.0. The Bertz CT molecular complexity index is 637. The number of amides is 1. The van der Waals surface area contributed by atoms with Crippen LogP contribution in [0.15, 0.2) is 17.1 Å². The number of carbonyl (C=O) groups excluding carboxylic acids is 1. The molecule has 1 aliphatic rings. The number of aromatic nitrogens is 2. The van der Waals surface area contributed by atoms with Crippen LogP contribution in [0, 0.1) is 0 Å². The number of aliphatic hydroxyl groups is 2. The van der Waals surface area contributed by atoms with Gasteiger partial charge in [0, 0.05) is 6.20 Å². The number of alkyl halides is 2. The summed E-state index contributed by atoms with van der Waals surface area (Å²) in [6, 6.07) is 1.09. The summed E-state index contributed by atoms with van der Waals surface area (Å²) in [6.45, 7) is 0.844. The molecule has 0 spiro atoms. The lowest BCUT2D eigenvalue weighted by molar-refractivity contribution is -0.140. The van der Waals surface area contributed by atoms with Crippen LogP contribution >= 0.6 is 0 Å². The first kappa shape index (κ1) is 17.2. The maximum absolute atomic E-state index is 14.0. The van der Waals surface area contributed by atoms with Gasteiger partial charge < -0.3 is 19.7 Å². The van der Waals surface area contributed by atoms with E-state index in [1.54, 1.807) is 6.92 Å². The van der Waals surface area contributed by atoms with E-state index < -0.39 is 42.7 Å². The number of rotatable bonds is 4. The number of hydrogen-bond acceptors (Lipinski definition) is 7. The van der Waals surface area contributed by atoms with Crippen LogP contribution in [-0.4, -0.2) is 57.2 Å². The minimum Gasteiger partial charge on any atom is -0.450 e. The molecule has 9 nitrogen and oxygen atoms in total. The number of halogens is 2. The van der Waals surface area contributed by atoms with E-state index in [1.807, 2.05) is 0 Å². The van der Waals surface area contributed by atoms with E-state index in [2.05, 4.69) is 15.0 Å². The number of nitrogens with zero attached hydrogens (tertiary/aromatic N) is 2. The Kier molecular flexibility index (Phi) is 4.92. The van der Waals surface area contributed by atoms with Crippen molar-refractivity contribution in [2.45, 2.75) is 31.3 Å². The summed E-state index contributed by atoms with van der Waals surface area (Å²) >= 11 is 0. The van der Waals surface area contributed by atoms with Crippen LogP contribution in [0.5, 0.6) is 0 Å². The van der Waals surface area contributed by atoms with Crippen LogP contribution in [0.25, 0.3) is 0 Å². The molecular weight excluding hydrogens is 320 g/mol. The Labute approximate surface area is 128 Å². The van der Waals surface area contributed by atoms with Gasteiger partial charge in [-0.3, -0.25) is 9.88 Å². The van der Waals surface area contributed by atoms with Gasteiger partial charge in [0.15, 0.2) is 6.10 Å². The molecule has 0 aliphatic carbocycles. The van der Waals surface area contributed by atoms with Crippen molar-refractivity contribution in [2.75, 3.05) is 18.5 Å². The summed E-state index contributed by atoms with van der Waals surface area (Å²) in [7, 11) is 0. The van der Waals surface area contributed by atoms with Crippen molar-refractivity contribution >= 4 is 11.9 Å². The highest BCUT2D eigenvalue weighted by molar-refractivity contribution is 5.83. The van der Waals surface area contributed by atoms with Crippen molar-refractivity contribution in [2.24, 2.45) is 0 Å². The van der Waals surface area contributed by atoms with E-state index in [0.29, 0.717) is 4.57 Å². The Morgan fingerprint density at radius 1 is 1.61 bits per heavy atom. The fourth-order valence-corrected chi connectivity index (χ4v) is 2.05. The van der Waals surface area contributed by atoms with E-state index in [4.69, 9.17) is 9.84 Å². The molecule has 11 heteroatoms. The Morgan fingerprint density at radius 3 is 2.83 bits per heavy atom. The predicted molar refractivity (Wildman–Crippen MR) is 71.1 cm³/mol. The highest BCUT2D eigenvalue weighted by Crippen LogP contribution is 2.41. The summed E-state index contributed by atoms with van der Waals surface area (Å²) in [6.07, 6.45) is -5.83. The molecule has 23 heavy (non-hydrogen) atoms. The number of carbonyl (C=O) groups is 1. The van der Waals surface area contributed by atoms with Gasteiger partial charge >= 0.3 is 17.7 Å². The first-order valence-electron chi connectivity index (χ1n) is 6.66. The van der Waals surface area contributed by atoms with Crippen molar-refractivity contribution in [3.05, 3.63) is 22.7 Å². The minimum absolute atomic E-state index is 0.103. The van der Waals surface area contributed by atoms with Crippen LogP contribution < -0.4 is 11.0 Å². The van der Waals surface area contributed by atoms with Crippen LogP contribution in [-0.2, 0) is 9.47 Å². The van der Waals surface area contributed by atoms with Crippen LogP contribution in [0.1, 0.15) is 13.2 Å². The van der Waals surface area contributed by atoms with Crippen molar-refractivity contribution in [3.8, 4) is 0 Å². The summed E-state index contributed by atoms with van der Waals surface area (Å²) in [5.41, 5.74) is -1.13. The maximum Gasteiger partial charge on any atom is 0.412 e. The fraction of sp³-hybridized carbons (Fsp3) is 0.583. The molecule has 1 aromatic heterocycles. The van der Waals surface area contributed by atoms with Crippen molar-refractivity contribution < 1.29 is 33.3 Å². The number of aliphatic hydroxyl groups excluding tert-OH is 2. The Morgan fingerprint density at radius 2 is 2.30 bits per heavy atom. The lowest BCUT2D eigenvalue weighted by atomic mass is 10.1. The standard InChI is InChI=1S/C12H15F2N3O6/c1-2-22-11(21)16-7-3-4-17(10(20)15-7)9-12(13,14)8(19)6(5-18)23-9/h3-4,6,8-9,18-19H,2,5H2,1H3,(H,15,16,20,21). The lowest BCUT2D eigenvalue weighted by Crippen LogP contribution is -2.41. The van der Waals surface area contributed by atoms with Crippen molar-refractivity contribution in [3.63, 3.8) is 0 Å². The largest absolute Gasteiger partial charge is 0.450 e. The molecule has 1 aromatic rings. The number of anilines is 1. The smallest absolute Gasteiger partial charge is 0.412 e. The van der Waals surface area contributed by atoms with Gasteiger partial charge in [-0.05, 0) is 13.0 Å². The van der Waals surface area contributed by atoms with E-state index in [0.717, 1.165) is 12.3 Å². The zero-order chi connectivity index (χ0) is 17.2. The third kappa shape index (κ3) is 3.30. The van der Waals surface area contributed by atoms with Gasteiger partial charge in [0.2, 0.25) is 6.23 Å². The van der Waals surface area contributed by atoms with Gasteiger partial charge in [-0.1, -0.05) is 0 Å². The van der Waals surface area contributed by atoms with Crippen LogP contribution in [0.2, 0.25) is 0 Å². The first-order chi connectivity index (χ1) is 10.8. The number of ether oxygens (including phenoxy) is 2. The highest BCUT2D eigenvalue weighted by atomic mass is 19.3. The van der Waals surface area contributed by atoms with Crippen LogP contribution in [0.3, 0.4) is 0 Å². The molecule has 1 aliphatic heterocycles. The number of nitrogens with one attached hydrogen (secondary N) is 1. The Hall–Kier alpha value is -2.11. The zero-order valence-corrected chi connectivity index (χ0v) is 12.0. The summed E-state index contributed by atoms with van der Waals surface area (Å²) in [4.78, 5) is 26.5. The quantitative estimate of drug-likeness (QED) is 0.690. The molecule has 3 N–H and O–H groups in total. The zero-order valence-electron chi connectivity index (χ0n) is 12.0. The molecule has 2 rings (SSSR count). The third-order valence-corrected chi connectivity index (χ3v) is 3.15. The van der Waals surface area contributed by atoms with Crippen LogP contribution in [0.4, 0.5) is 19.4 Å². The molecule has 3 atom stereocenters. The average Bonchev–Trinajstić information content (AvgIpc) is 2.70. The summed E-state index contributed by atoms with van der Waals surface area (Å²) in [5.74, 6) is -3.99. The minimum atomic E-state index is -3.80. The SMILES string of the molecule is CCOC(=O)Nc1ccn(C2OC(CO)C(O)C2(F)F)c(=O)n1. The van der Waals surface area contributed by atoms with E-state index in [-0.39, 0.29) is 12.4 Å². The Balaban J connectivity index is 2.24. The molecule has 1 saturated heterocycles. The first-order valence-corrected chi connectivity index (χ1v) is 6.66. The van der Waals surface area contributed by atoms with Crippen molar-refractivity contribution in [1.82, 2.24) is 9.55 Å². The van der Waals surface area contributed by atoms with Gasteiger partial charge in [-0.15, -0.1) is 0 Å². The molecule has 3 unspecified atom stereocenters. The maximum atomic E-state index is 14.0. The van der Waals surface area contributed by atoms with Gasteiger partial charge in [0.05, 0.1) is 13.2 Å². The molecule has 128 valence electrons. The molecule has 0 radical (unpaired) electrons. The molecule has 0 aromatic carbocycles. The molecule has 1 fully saturated rings. The second-order valence-corrected chi connectivity index (χ2v) is 4.68. The molecule has 0 saturated carbocycles. The molecule has 1 amide bonds. The summed E-state index contributed by atoms with van der Waals surface area (Å²) in [5, 5.41) is 20.5. The van der Waals surface area contributed by atoms with Gasteiger partial charge in [0.1, 0.15) is 11.9 Å². The van der Waals surface area contributed by atoms with Crippen molar-refractivity contribution in [1.29, 1.82) is 0 Å².